The minimum atomic E-state index is -1.08. The molecule has 0 saturated carbocycles. The molecule has 4 nitrogen and oxygen atoms in total. The van der Waals surface area contributed by atoms with E-state index in [2.05, 4.69) is 0 Å². The number of aromatic carboxylic acids is 1. The lowest BCUT2D eigenvalue weighted by molar-refractivity contribution is -0.131. The van der Waals surface area contributed by atoms with Crippen LogP contribution in [0.3, 0.4) is 0 Å². The van der Waals surface area contributed by atoms with Crippen molar-refractivity contribution in [3.05, 3.63) is 28.8 Å². The molecule has 0 spiro atoms. The summed E-state index contributed by atoms with van der Waals surface area (Å²) in [6, 6.07) is 3.88. The van der Waals surface area contributed by atoms with Crippen molar-refractivity contribution in [3.63, 3.8) is 0 Å². The largest absolute Gasteiger partial charge is 0.478 e. The Balaban J connectivity index is 0.00000196. The summed E-state index contributed by atoms with van der Waals surface area (Å²) < 4.78 is 4.72. The first kappa shape index (κ1) is 13.7. The van der Waals surface area contributed by atoms with Crippen molar-refractivity contribution >= 4 is 35.9 Å². The second-order valence-electron chi connectivity index (χ2n) is 2.54. The molecule has 1 N–H and O–H groups in total. The third kappa shape index (κ3) is 3.77. The SMILES string of the molecule is CC(=O)Oc1ccc(C(=O)O)cc1Cl.Cl. The van der Waals surface area contributed by atoms with Crippen molar-refractivity contribution in [1.82, 2.24) is 0 Å². The summed E-state index contributed by atoms with van der Waals surface area (Å²) >= 11 is 5.68. The first-order valence-corrected chi connectivity index (χ1v) is 4.10. The summed E-state index contributed by atoms with van der Waals surface area (Å²) in [5, 5.41) is 8.71. The molecule has 0 atom stereocenters. The maximum Gasteiger partial charge on any atom is 0.335 e. The summed E-state index contributed by atoms with van der Waals surface area (Å²) in [6.07, 6.45) is 0. The van der Waals surface area contributed by atoms with E-state index >= 15 is 0 Å². The summed E-state index contributed by atoms with van der Waals surface area (Å²) in [5.74, 6) is -1.43. The van der Waals surface area contributed by atoms with Crippen LogP contribution < -0.4 is 4.74 Å². The Hall–Kier alpha value is -1.26. The Morgan fingerprint density at radius 3 is 2.40 bits per heavy atom. The van der Waals surface area contributed by atoms with Crippen LogP contribution in [0.25, 0.3) is 0 Å². The van der Waals surface area contributed by atoms with Crippen molar-refractivity contribution < 1.29 is 19.4 Å². The maximum absolute atomic E-state index is 10.6. The number of carbonyl (C=O) groups excluding carboxylic acids is 1. The lowest BCUT2D eigenvalue weighted by atomic mass is 10.2. The van der Waals surface area contributed by atoms with E-state index in [0.29, 0.717) is 0 Å². The van der Waals surface area contributed by atoms with Crippen molar-refractivity contribution in [2.75, 3.05) is 0 Å². The third-order valence-electron chi connectivity index (χ3n) is 1.43. The zero-order chi connectivity index (χ0) is 10.7. The highest BCUT2D eigenvalue weighted by Crippen LogP contribution is 2.25. The summed E-state index contributed by atoms with van der Waals surface area (Å²) in [7, 11) is 0. The van der Waals surface area contributed by atoms with E-state index in [1.165, 1.54) is 25.1 Å². The molecule has 0 aliphatic heterocycles. The van der Waals surface area contributed by atoms with Gasteiger partial charge in [-0.1, -0.05) is 11.6 Å². The average molecular weight is 251 g/mol. The number of ether oxygens (including phenoxy) is 1. The fourth-order valence-electron chi connectivity index (χ4n) is 0.871. The van der Waals surface area contributed by atoms with Crippen LogP contribution >= 0.6 is 24.0 Å². The molecule has 0 bridgehead atoms. The summed E-state index contributed by atoms with van der Waals surface area (Å²) in [5.41, 5.74) is 0.0471. The van der Waals surface area contributed by atoms with Gasteiger partial charge in [-0.2, -0.15) is 0 Å². The number of hydrogen-bond donors (Lipinski definition) is 1. The van der Waals surface area contributed by atoms with Crippen LogP contribution in [0.1, 0.15) is 17.3 Å². The highest BCUT2D eigenvalue weighted by molar-refractivity contribution is 6.32. The first-order chi connectivity index (χ1) is 6.50. The van der Waals surface area contributed by atoms with Gasteiger partial charge in [0.1, 0.15) is 5.75 Å². The van der Waals surface area contributed by atoms with Gasteiger partial charge in [-0.3, -0.25) is 4.79 Å². The van der Waals surface area contributed by atoms with E-state index in [-0.39, 0.29) is 28.7 Å². The lowest BCUT2D eigenvalue weighted by Gasteiger charge is -2.03. The molecular formula is C9H8Cl2O4. The van der Waals surface area contributed by atoms with Crippen molar-refractivity contribution in [3.8, 4) is 5.75 Å². The molecule has 15 heavy (non-hydrogen) atoms. The van der Waals surface area contributed by atoms with Crippen LogP contribution in [-0.4, -0.2) is 17.0 Å². The standard InChI is InChI=1S/C9H7ClO4.ClH/c1-5(11)14-8-3-2-6(9(12)13)4-7(8)10;/h2-4H,1H3,(H,12,13);1H. The zero-order valence-corrected chi connectivity index (χ0v) is 9.26. The number of halogens is 2. The van der Waals surface area contributed by atoms with E-state index < -0.39 is 11.9 Å². The number of esters is 1. The highest BCUT2D eigenvalue weighted by atomic mass is 35.5. The highest BCUT2D eigenvalue weighted by Gasteiger charge is 2.08. The maximum atomic E-state index is 10.6. The number of carboxylic acid groups (broad SMARTS) is 1. The fourth-order valence-corrected chi connectivity index (χ4v) is 1.09. The molecule has 0 radical (unpaired) electrons. The van der Waals surface area contributed by atoms with Gasteiger partial charge in [-0.15, -0.1) is 12.4 Å². The van der Waals surface area contributed by atoms with E-state index in [9.17, 15) is 9.59 Å². The van der Waals surface area contributed by atoms with Gasteiger partial charge in [0.2, 0.25) is 0 Å². The minimum absolute atomic E-state index is 0. The molecule has 0 amide bonds. The van der Waals surface area contributed by atoms with Crippen molar-refractivity contribution in [1.29, 1.82) is 0 Å². The molecule has 82 valence electrons. The Kier molecular flexibility index (Phi) is 5.11. The van der Waals surface area contributed by atoms with Gasteiger partial charge >= 0.3 is 11.9 Å². The lowest BCUT2D eigenvalue weighted by Crippen LogP contribution is -2.03. The van der Waals surface area contributed by atoms with E-state index in [4.69, 9.17) is 21.4 Å². The van der Waals surface area contributed by atoms with Gasteiger partial charge in [-0.05, 0) is 18.2 Å². The van der Waals surface area contributed by atoms with Gasteiger partial charge in [0.25, 0.3) is 0 Å². The van der Waals surface area contributed by atoms with E-state index in [1.54, 1.807) is 0 Å². The minimum Gasteiger partial charge on any atom is -0.478 e. The second-order valence-corrected chi connectivity index (χ2v) is 2.95. The first-order valence-electron chi connectivity index (χ1n) is 3.72. The van der Waals surface area contributed by atoms with E-state index in [0.717, 1.165) is 0 Å². The molecule has 1 aromatic carbocycles. The molecule has 6 heteroatoms. The van der Waals surface area contributed by atoms with Crippen molar-refractivity contribution in [2.45, 2.75) is 6.92 Å². The van der Waals surface area contributed by atoms with Gasteiger partial charge < -0.3 is 9.84 Å². The topological polar surface area (TPSA) is 63.6 Å². The van der Waals surface area contributed by atoms with Crippen LogP contribution in [-0.2, 0) is 4.79 Å². The Morgan fingerprint density at radius 1 is 1.40 bits per heavy atom. The van der Waals surface area contributed by atoms with Gasteiger partial charge in [-0.25, -0.2) is 4.79 Å². The van der Waals surface area contributed by atoms with Gasteiger partial charge in [0.05, 0.1) is 10.6 Å². The summed E-state index contributed by atoms with van der Waals surface area (Å²) in [4.78, 5) is 21.1. The number of hydrogen-bond acceptors (Lipinski definition) is 3. The van der Waals surface area contributed by atoms with Gasteiger partial charge in [0, 0.05) is 6.92 Å². The van der Waals surface area contributed by atoms with Crippen LogP contribution in [0.5, 0.6) is 5.75 Å². The van der Waals surface area contributed by atoms with Crippen molar-refractivity contribution in [2.24, 2.45) is 0 Å². The quantitative estimate of drug-likeness (QED) is 0.647. The predicted molar refractivity (Wildman–Crippen MR) is 57.0 cm³/mol. The smallest absolute Gasteiger partial charge is 0.335 e. The Labute approximate surface area is 97.2 Å². The number of carboxylic acids is 1. The number of benzene rings is 1. The fraction of sp³-hybridized carbons (Fsp3) is 0.111. The van der Waals surface area contributed by atoms with Crippen LogP contribution in [0.15, 0.2) is 18.2 Å². The monoisotopic (exact) mass is 250 g/mol. The Bertz CT molecular complexity index is 390. The predicted octanol–water partition coefficient (Wildman–Crippen LogP) is 2.39. The number of rotatable bonds is 2. The van der Waals surface area contributed by atoms with Gasteiger partial charge in [0.15, 0.2) is 0 Å². The van der Waals surface area contributed by atoms with Crippen LogP contribution in [0.2, 0.25) is 5.02 Å². The third-order valence-corrected chi connectivity index (χ3v) is 1.73. The second kappa shape index (κ2) is 5.58. The molecule has 0 heterocycles. The molecule has 0 aliphatic carbocycles. The normalized spacial score (nSPS) is 8.93. The molecule has 0 fully saturated rings. The summed E-state index contributed by atoms with van der Waals surface area (Å²) in [6.45, 7) is 1.24. The molecular weight excluding hydrogens is 243 g/mol. The molecule has 0 unspecified atom stereocenters. The molecule has 1 rings (SSSR count). The molecule has 0 aliphatic rings. The average Bonchev–Trinajstić information content (AvgIpc) is 2.07. The zero-order valence-electron chi connectivity index (χ0n) is 7.69. The molecule has 1 aromatic rings. The van der Waals surface area contributed by atoms with E-state index in [1.807, 2.05) is 0 Å². The molecule has 0 aromatic heterocycles. The Morgan fingerprint density at radius 2 is 2.00 bits per heavy atom. The molecule has 0 saturated heterocycles. The van der Waals surface area contributed by atoms with Crippen LogP contribution in [0, 0.1) is 0 Å². The number of carbonyl (C=O) groups is 2. The van der Waals surface area contributed by atoms with Crippen LogP contribution in [0.4, 0.5) is 0 Å².